The Labute approximate surface area is 58.0 Å². The molecule has 0 aliphatic carbocycles. The smallest absolute Gasteiger partial charge is 0.547 e. The molecule has 0 heterocycles. The predicted molar refractivity (Wildman–Crippen MR) is 11.0 cm³/mol. The quantitative estimate of drug-likeness (QED) is 0.313. The molecule has 0 saturated heterocycles. The first kappa shape index (κ1) is 6.40. The molecule has 0 spiro atoms. The molecule has 0 unspecified atom stereocenters. The SMILES string of the molecule is [2H][C@H](F)C(=O)[O-].[Na+]. The summed E-state index contributed by atoms with van der Waals surface area (Å²) in [6.07, 6.45) is 0. The van der Waals surface area contributed by atoms with E-state index in [1.165, 1.54) is 0 Å². The van der Waals surface area contributed by atoms with Crippen molar-refractivity contribution >= 4 is 5.97 Å². The monoisotopic (exact) mass is 101 g/mol. The molecule has 0 bridgehead atoms. The van der Waals surface area contributed by atoms with Crippen LogP contribution in [0, 0.1) is 0 Å². The number of carbonyl (C=O) groups is 1. The molecule has 0 amide bonds. The number of halogens is 1. The van der Waals surface area contributed by atoms with Crippen LogP contribution in [-0.4, -0.2) is 12.6 Å². The zero-order chi connectivity index (χ0) is 5.15. The molecule has 6 heavy (non-hydrogen) atoms. The van der Waals surface area contributed by atoms with Gasteiger partial charge in [-0.2, -0.15) is 0 Å². The topological polar surface area (TPSA) is 40.1 Å². The van der Waals surface area contributed by atoms with Crippen molar-refractivity contribution in [1.82, 2.24) is 0 Å². The molecule has 0 rings (SSSR count). The molecule has 30 valence electrons. The van der Waals surface area contributed by atoms with Crippen molar-refractivity contribution in [1.29, 1.82) is 0 Å². The van der Waals surface area contributed by atoms with E-state index in [9.17, 15) is 4.39 Å². The van der Waals surface area contributed by atoms with E-state index in [2.05, 4.69) is 0 Å². The third kappa shape index (κ3) is 8.83. The first-order chi connectivity index (χ1) is 2.64. The van der Waals surface area contributed by atoms with Crippen molar-refractivity contribution < 1.29 is 45.2 Å². The van der Waals surface area contributed by atoms with Crippen molar-refractivity contribution in [3.05, 3.63) is 0 Å². The number of hydrogen-bond donors (Lipinski definition) is 0. The van der Waals surface area contributed by atoms with Crippen LogP contribution in [-0.2, 0) is 4.79 Å². The molecule has 2 nitrogen and oxygen atoms in total. The third-order valence-corrected chi connectivity index (χ3v) is 0.0891. The van der Waals surface area contributed by atoms with E-state index >= 15 is 0 Å². The van der Waals surface area contributed by atoms with Crippen LogP contribution in [0.15, 0.2) is 0 Å². The van der Waals surface area contributed by atoms with Gasteiger partial charge in [0, 0.05) is 0 Å². The largest absolute Gasteiger partial charge is 1.00 e. The Kier molecular flexibility index (Phi) is 5.76. The standard InChI is InChI=1S/C2H3FO2.Na/c3-1-2(4)5;/h1H2,(H,4,5);/q;+1/p-1/i1D;/t1-;/m0./s1. The maximum atomic E-state index is 10.8. The molecular formula is C2H2FNaO2. The number of rotatable bonds is 1. The zero-order valence-electron chi connectivity index (χ0n) is 4.27. The summed E-state index contributed by atoms with van der Waals surface area (Å²) in [7, 11) is 0. The number of aliphatic carboxylic acids is 1. The second kappa shape index (κ2) is 5.40. The van der Waals surface area contributed by atoms with Crippen LogP contribution in [0.1, 0.15) is 1.37 Å². The first-order valence-electron chi connectivity index (χ1n) is 1.49. The van der Waals surface area contributed by atoms with Crippen LogP contribution in [0.3, 0.4) is 0 Å². The summed E-state index contributed by atoms with van der Waals surface area (Å²) < 4.78 is 16.5. The molecule has 0 radical (unpaired) electrons. The Morgan fingerprint density at radius 2 is 2.33 bits per heavy atom. The molecule has 0 aliphatic heterocycles. The summed E-state index contributed by atoms with van der Waals surface area (Å²) in [5.41, 5.74) is 0. The van der Waals surface area contributed by atoms with Crippen LogP contribution < -0.4 is 34.7 Å². The van der Waals surface area contributed by atoms with Crippen molar-refractivity contribution in [2.24, 2.45) is 0 Å². The number of carboxylic acid groups (broad SMARTS) is 1. The van der Waals surface area contributed by atoms with Gasteiger partial charge in [-0.3, -0.25) is 0 Å². The van der Waals surface area contributed by atoms with Crippen LogP contribution >= 0.6 is 0 Å². The summed E-state index contributed by atoms with van der Waals surface area (Å²) >= 11 is 0. The molecular weight excluding hydrogens is 98.0 g/mol. The molecule has 0 fully saturated rings. The average Bonchev–Trinajstić information content (AvgIpc) is 1.36. The van der Waals surface area contributed by atoms with Crippen molar-refractivity contribution in [2.45, 2.75) is 0 Å². The minimum absolute atomic E-state index is 0. The van der Waals surface area contributed by atoms with Gasteiger partial charge in [-0.15, -0.1) is 0 Å². The fourth-order valence-corrected chi connectivity index (χ4v) is 0. The van der Waals surface area contributed by atoms with E-state index in [-0.39, 0.29) is 29.6 Å². The molecule has 0 N–H and O–H groups in total. The van der Waals surface area contributed by atoms with E-state index in [4.69, 9.17) is 11.3 Å². The first-order valence-corrected chi connectivity index (χ1v) is 0.915. The fraction of sp³-hybridized carbons (Fsp3) is 0.500. The van der Waals surface area contributed by atoms with Crippen molar-refractivity contribution in [2.75, 3.05) is 6.65 Å². The van der Waals surface area contributed by atoms with Crippen LogP contribution in [0.5, 0.6) is 0 Å². The molecule has 0 aromatic carbocycles. The molecule has 0 aromatic heterocycles. The van der Waals surface area contributed by atoms with E-state index < -0.39 is 12.6 Å². The van der Waals surface area contributed by atoms with Crippen LogP contribution in [0.2, 0.25) is 0 Å². The molecule has 1 atom stereocenters. The zero-order valence-corrected chi connectivity index (χ0v) is 5.27. The Hall–Kier alpha value is 0.400. The normalized spacial score (nSPS) is 13.8. The van der Waals surface area contributed by atoms with Gasteiger partial charge >= 0.3 is 29.6 Å². The van der Waals surface area contributed by atoms with Gasteiger partial charge in [0.15, 0.2) is 0 Å². The summed E-state index contributed by atoms with van der Waals surface area (Å²) in [4.78, 5) is 9.03. The summed E-state index contributed by atoms with van der Waals surface area (Å²) in [5, 5.41) is 9.03. The number of carbonyl (C=O) groups excluding carboxylic acids is 1. The summed E-state index contributed by atoms with van der Waals surface area (Å²) in [6, 6.07) is 0. The Morgan fingerprint density at radius 1 is 2.17 bits per heavy atom. The Bertz CT molecular complexity index is 66.7. The maximum absolute atomic E-state index is 10.8. The van der Waals surface area contributed by atoms with Crippen molar-refractivity contribution in [3.63, 3.8) is 0 Å². The minimum atomic E-state index is -2.59. The van der Waals surface area contributed by atoms with Gasteiger partial charge in [0.1, 0.15) is 6.65 Å². The van der Waals surface area contributed by atoms with Gasteiger partial charge in [-0.05, 0) is 0 Å². The van der Waals surface area contributed by atoms with Crippen LogP contribution in [0.25, 0.3) is 0 Å². The second-order valence-corrected chi connectivity index (χ2v) is 0.428. The van der Waals surface area contributed by atoms with Gasteiger partial charge in [-0.25, -0.2) is 4.39 Å². The molecule has 4 heteroatoms. The minimum Gasteiger partial charge on any atom is -0.547 e. The third-order valence-electron chi connectivity index (χ3n) is 0.0891. The van der Waals surface area contributed by atoms with E-state index in [0.29, 0.717) is 0 Å². The van der Waals surface area contributed by atoms with Gasteiger partial charge < -0.3 is 9.90 Å². The van der Waals surface area contributed by atoms with E-state index in [0.717, 1.165) is 0 Å². The van der Waals surface area contributed by atoms with Gasteiger partial charge in [0.05, 0.1) is 7.34 Å². The molecule has 0 aliphatic rings. The second-order valence-electron chi connectivity index (χ2n) is 0.428. The molecule has 0 aromatic rings. The number of alkyl halides is 1. The number of carboxylic acids is 1. The Morgan fingerprint density at radius 3 is 2.33 bits per heavy atom. The predicted octanol–water partition coefficient (Wildman–Crippen LogP) is -4.29. The number of hydrogen-bond acceptors (Lipinski definition) is 2. The van der Waals surface area contributed by atoms with Gasteiger partial charge in [-0.1, -0.05) is 0 Å². The fourth-order valence-electron chi connectivity index (χ4n) is 0. The summed E-state index contributed by atoms with van der Waals surface area (Å²) in [6.45, 7) is -2.59. The van der Waals surface area contributed by atoms with Crippen molar-refractivity contribution in [3.8, 4) is 0 Å². The van der Waals surface area contributed by atoms with Gasteiger partial charge in [0.2, 0.25) is 0 Å². The Balaban J connectivity index is 0. The van der Waals surface area contributed by atoms with E-state index in [1.807, 2.05) is 0 Å². The van der Waals surface area contributed by atoms with Crippen LogP contribution in [0.4, 0.5) is 4.39 Å². The van der Waals surface area contributed by atoms with E-state index in [1.54, 1.807) is 0 Å². The van der Waals surface area contributed by atoms with Gasteiger partial charge in [0.25, 0.3) is 0 Å². The summed E-state index contributed by atoms with van der Waals surface area (Å²) in [5.74, 6) is -1.99. The molecule has 0 saturated carbocycles. The average molecular weight is 101 g/mol. The maximum Gasteiger partial charge on any atom is 1.00 e.